The molecule has 0 rings (SSSR count). The zero-order valence-electron chi connectivity index (χ0n) is 27.9. The minimum absolute atomic E-state index is 0.214. The molecule has 0 heterocycles. The Balaban J connectivity index is 4.55. The molecule has 0 N–H and O–H groups in total. The van der Waals surface area contributed by atoms with Gasteiger partial charge >= 0.3 is 0 Å². The first-order valence-corrected chi connectivity index (χ1v) is 22.6. The van der Waals surface area contributed by atoms with Gasteiger partial charge in [-0.25, -0.2) is 0 Å². The van der Waals surface area contributed by atoms with Gasteiger partial charge in [-0.05, 0) is 57.0 Å². The van der Waals surface area contributed by atoms with Gasteiger partial charge in [0.15, 0.2) is 0 Å². The minimum atomic E-state index is -1.96. The molecular weight excluding hydrogens is 510 g/mol. The average Bonchev–Trinajstić information content (AvgIpc) is 2.94. The Hall–Kier alpha value is 0.660. The van der Waals surface area contributed by atoms with Gasteiger partial charge in [-0.3, -0.25) is 0 Å². The molecule has 0 aromatic rings. The second kappa shape index (κ2) is 31.6. The third-order valence-electron chi connectivity index (χ3n) is 8.78. The van der Waals surface area contributed by atoms with E-state index in [-0.39, 0.29) is 7.92 Å². The van der Waals surface area contributed by atoms with Crippen molar-refractivity contribution >= 4 is 15.1 Å². The first-order valence-electron chi connectivity index (χ1n) is 18.4. The lowest BCUT2D eigenvalue weighted by Crippen LogP contribution is -2.03. The van der Waals surface area contributed by atoms with Crippen LogP contribution in [0, 0.1) is 0 Å². The first-order chi connectivity index (χ1) is 19.1. The van der Waals surface area contributed by atoms with Crippen molar-refractivity contribution < 1.29 is 4.57 Å². The van der Waals surface area contributed by atoms with Gasteiger partial charge in [0.25, 0.3) is 0 Å². The van der Waals surface area contributed by atoms with E-state index in [4.69, 9.17) is 0 Å². The van der Waals surface area contributed by atoms with Crippen molar-refractivity contribution in [2.75, 3.05) is 37.0 Å². The van der Waals surface area contributed by atoms with E-state index >= 15 is 0 Å². The summed E-state index contributed by atoms with van der Waals surface area (Å²) in [5, 5.41) is 0. The summed E-state index contributed by atoms with van der Waals surface area (Å²) in [5.41, 5.74) is 0. The van der Waals surface area contributed by atoms with Crippen LogP contribution >= 0.6 is 15.1 Å². The highest BCUT2D eigenvalue weighted by molar-refractivity contribution is 7.63. The molecule has 0 radical (unpaired) electrons. The fourth-order valence-electron chi connectivity index (χ4n) is 6.00. The van der Waals surface area contributed by atoms with Crippen LogP contribution < -0.4 is 0 Å². The molecule has 0 aromatic heterocycles. The van der Waals surface area contributed by atoms with Crippen LogP contribution in [0.3, 0.4) is 0 Å². The van der Waals surface area contributed by atoms with Crippen molar-refractivity contribution in [3.63, 3.8) is 0 Å². The fraction of sp³-hybridized carbons (Fsp3) is 1.00. The number of hydrogen-bond donors (Lipinski definition) is 0. The van der Waals surface area contributed by atoms with E-state index in [9.17, 15) is 4.57 Å². The molecule has 0 atom stereocenters. The standard InChI is InChI=1S/C36H76OP2/c1-5-9-13-17-21-25-31-38(32-26-22-18-14-10-6-2)33-27-30-36-39(37,34-28-23-19-15-11-7-3)35-29-24-20-16-12-8-4/h5-36H2,1-4H3. The van der Waals surface area contributed by atoms with E-state index < -0.39 is 7.14 Å². The highest BCUT2D eigenvalue weighted by Crippen LogP contribution is 2.49. The number of unbranched alkanes of at least 4 members (excludes halogenated alkanes) is 21. The van der Waals surface area contributed by atoms with E-state index in [1.54, 1.807) is 0 Å². The lowest BCUT2D eigenvalue weighted by molar-refractivity contribution is 0.559. The predicted octanol–water partition coefficient (Wildman–Crippen LogP) is 14.1. The summed E-state index contributed by atoms with van der Waals surface area (Å²) >= 11 is 0. The Morgan fingerprint density at radius 2 is 0.564 bits per heavy atom. The van der Waals surface area contributed by atoms with E-state index in [1.807, 2.05) is 0 Å². The molecule has 0 saturated carbocycles. The van der Waals surface area contributed by atoms with Gasteiger partial charge < -0.3 is 4.57 Å². The molecule has 0 amide bonds. The van der Waals surface area contributed by atoms with Gasteiger partial charge in [0.2, 0.25) is 0 Å². The van der Waals surface area contributed by atoms with Crippen molar-refractivity contribution in [3.8, 4) is 0 Å². The summed E-state index contributed by atoms with van der Waals surface area (Å²) in [6.45, 7) is 9.23. The third-order valence-corrected chi connectivity index (χ3v) is 15.0. The van der Waals surface area contributed by atoms with Gasteiger partial charge in [0, 0.05) is 18.5 Å². The second-order valence-corrected chi connectivity index (χ2v) is 19.0. The lowest BCUT2D eigenvalue weighted by Gasteiger charge is -2.21. The minimum Gasteiger partial charge on any atom is -0.324 e. The van der Waals surface area contributed by atoms with Gasteiger partial charge in [-0.2, -0.15) is 0 Å². The summed E-state index contributed by atoms with van der Waals surface area (Å²) in [4.78, 5) is 0. The molecule has 0 saturated heterocycles. The maximum Gasteiger partial charge on any atom is 0.0877 e. The van der Waals surface area contributed by atoms with Crippen LogP contribution in [0.25, 0.3) is 0 Å². The van der Waals surface area contributed by atoms with Gasteiger partial charge in [0.05, 0.1) is 7.14 Å². The van der Waals surface area contributed by atoms with Crippen molar-refractivity contribution in [1.29, 1.82) is 0 Å². The van der Waals surface area contributed by atoms with E-state index in [0.717, 1.165) is 18.5 Å². The van der Waals surface area contributed by atoms with Crippen molar-refractivity contribution in [1.82, 2.24) is 0 Å². The molecule has 1 nitrogen and oxygen atoms in total. The maximum atomic E-state index is 14.0. The van der Waals surface area contributed by atoms with Crippen LogP contribution in [0.1, 0.15) is 195 Å². The van der Waals surface area contributed by atoms with Gasteiger partial charge in [-0.1, -0.05) is 156 Å². The zero-order chi connectivity index (χ0) is 28.7. The highest BCUT2D eigenvalue weighted by atomic mass is 31.2. The molecule has 39 heavy (non-hydrogen) atoms. The Kier molecular flexibility index (Phi) is 32.1. The molecule has 0 aliphatic heterocycles. The maximum absolute atomic E-state index is 14.0. The molecule has 0 spiro atoms. The normalized spacial score (nSPS) is 12.1. The van der Waals surface area contributed by atoms with Crippen LogP contribution in [0.4, 0.5) is 0 Å². The van der Waals surface area contributed by atoms with Gasteiger partial charge in [0.1, 0.15) is 0 Å². The summed E-state index contributed by atoms with van der Waals surface area (Å²) in [7, 11) is -1.74. The fourth-order valence-corrected chi connectivity index (χ4v) is 11.8. The summed E-state index contributed by atoms with van der Waals surface area (Å²) in [6.07, 6.45) is 43.4. The summed E-state index contributed by atoms with van der Waals surface area (Å²) in [6, 6.07) is 0. The Morgan fingerprint density at radius 3 is 0.897 bits per heavy atom. The third kappa shape index (κ3) is 28.5. The largest absolute Gasteiger partial charge is 0.324 e. The Bertz CT molecular complexity index is 470. The quantitative estimate of drug-likeness (QED) is 0.0552. The lowest BCUT2D eigenvalue weighted by atomic mass is 10.1. The topological polar surface area (TPSA) is 17.1 Å². The second-order valence-electron chi connectivity index (χ2n) is 12.8. The molecule has 0 fully saturated rings. The molecule has 0 unspecified atom stereocenters. The average molecular weight is 587 g/mol. The molecule has 236 valence electrons. The number of hydrogen-bond acceptors (Lipinski definition) is 1. The SMILES string of the molecule is CCCCCCCCP(CCCCCCCC)CCCCP(=O)(CCCCCCCC)CCCCCCCC. The van der Waals surface area contributed by atoms with Crippen LogP contribution in [0.2, 0.25) is 0 Å². The van der Waals surface area contributed by atoms with Crippen LogP contribution in [0.15, 0.2) is 0 Å². The molecule has 3 heteroatoms. The van der Waals surface area contributed by atoms with E-state index in [0.29, 0.717) is 0 Å². The van der Waals surface area contributed by atoms with E-state index in [2.05, 4.69) is 27.7 Å². The predicted molar refractivity (Wildman–Crippen MR) is 186 cm³/mol. The van der Waals surface area contributed by atoms with Crippen LogP contribution in [0.5, 0.6) is 0 Å². The van der Waals surface area contributed by atoms with Crippen molar-refractivity contribution in [3.05, 3.63) is 0 Å². The number of rotatable bonds is 33. The Morgan fingerprint density at radius 1 is 0.333 bits per heavy atom. The summed E-state index contributed by atoms with van der Waals surface area (Å²) in [5.74, 6) is 0. The van der Waals surface area contributed by atoms with Crippen molar-refractivity contribution in [2.24, 2.45) is 0 Å². The molecular formula is C36H76OP2. The molecule has 0 aliphatic rings. The Labute approximate surface area is 250 Å². The van der Waals surface area contributed by atoms with Gasteiger partial charge in [-0.15, -0.1) is 7.92 Å². The monoisotopic (exact) mass is 587 g/mol. The molecule has 0 aliphatic carbocycles. The highest BCUT2D eigenvalue weighted by Gasteiger charge is 2.21. The van der Waals surface area contributed by atoms with Crippen LogP contribution in [-0.2, 0) is 4.57 Å². The van der Waals surface area contributed by atoms with Crippen LogP contribution in [-0.4, -0.2) is 37.0 Å². The molecule has 0 bridgehead atoms. The smallest absolute Gasteiger partial charge is 0.0877 e. The van der Waals surface area contributed by atoms with E-state index in [1.165, 1.54) is 185 Å². The molecule has 0 aromatic carbocycles. The summed E-state index contributed by atoms with van der Waals surface area (Å²) < 4.78 is 14.0. The first kappa shape index (κ1) is 39.7. The zero-order valence-corrected chi connectivity index (χ0v) is 29.7. The van der Waals surface area contributed by atoms with Crippen molar-refractivity contribution in [2.45, 2.75) is 195 Å².